The quantitative estimate of drug-likeness (QED) is 0.370. The standard InChI is InChI=1S/C37H42O3/c1-19(2)26-12-14-27(15-13-26)28-16-20(3)31-29(17-28)22(5)36(10)25(8)35(9)18-21(4)30(24(7)38)34(40)37(35,11)23(6)32(36)33(31)39/h12-17,22,25H,1,18H2,2-11H3. The normalized spacial score (nSPS) is 31.6. The molecule has 3 heteroatoms. The lowest BCUT2D eigenvalue weighted by Gasteiger charge is -2.64. The van der Waals surface area contributed by atoms with Crippen LogP contribution in [0.15, 0.2) is 65.3 Å². The number of hydrogen-bond donors (Lipinski definition) is 0. The monoisotopic (exact) mass is 534 g/mol. The van der Waals surface area contributed by atoms with Crippen LogP contribution < -0.4 is 0 Å². The summed E-state index contributed by atoms with van der Waals surface area (Å²) in [5.74, 6) is -0.196. The van der Waals surface area contributed by atoms with E-state index in [1.165, 1.54) is 6.92 Å². The predicted octanol–water partition coefficient (Wildman–Crippen LogP) is 8.86. The number of carbonyl (C=O) groups is 3. The van der Waals surface area contributed by atoms with E-state index in [2.05, 4.69) is 70.7 Å². The molecule has 5 atom stereocenters. The molecule has 3 nitrogen and oxygen atoms in total. The van der Waals surface area contributed by atoms with Gasteiger partial charge in [0.05, 0.1) is 11.0 Å². The summed E-state index contributed by atoms with van der Waals surface area (Å²) in [5, 5.41) is 0. The first-order valence-corrected chi connectivity index (χ1v) is 14.5. The fourth-order valence-electron chi connectivity index (χ4n) is 8.73. The minimum Gasteiger partial charge on any atom is -0.294 e. The van der Waals surface area contributed by atoms with Crippen molar-refractivity contribution in [3.63, 3.8) is 0 Å². The Kier molecular flexibility index (Phi) is 6.23. The van der Waals surface area contributed by atoms with Crippen molar-refractivity contribution < 1.29 is 14.4 Å². The average molecular weight is 535 g/mol. The van der Waals surface area contributed by atoms with E-state index in [1.807, 2.05) is 34.6 Å². The smallest absolute Gasteiger partial charge is 0.190 e. The maximum absolute atomic E-state index is 14.6. The van der Waals surface area contributed by atoms with E-state index < -0.39 is 16.2 Å². The number of Topliss-reactive ketones (excluding diaryl/α,β-unsaturated/α-hetero) is 3. The SMILES string of the molecule is C=C(C)c1ccc(-c2cc(C)c3c(c2)C(C)C2(C)C(=C(C)C4(C)C(=O)C(C(C)=O)=C(C)CC4(C)C2C)C3=O)cc1. The largest absolute Gasteiger partial charge is 0.294 e. The van der Waals surface area contributed by atoms with Gasteiger partial charge in [-0.05, 0) is 93.0 Å². The van der Waals surface area contributed by atoms with Crippen LogP contribution in [0, 0.1) is 29.1 Å². The van der Waals surface area contributed by atoms with Gasteiger partial charge in [-0.15, -0.1) is 0 Å². The van der Waals surface area contributed by atoms with Gasteiger partial charge in [0.1, 0.15) is 0 Å². The lowest BCUT2D eigenvalue weighted by Crippen LogP contribution is -2.62. The molecule has 3 aliphatic rings. The molecule has 2 aromatic rings. The van der Waals surface area contributed by atoms with Crippen molar-refractivity contribution in [1.82, 2.24) is 0 Å². The van der Waals surface area contributed by atoms with Crippen LogP contribution in [-0.4, -0.2) is 17.3 Å². The number of benzene rings is 2. The van der Waals surface area contributed by atoms with E-state index in [0.29, 0.717) is 12.0 Å². The first-order valence-electron chi connectivity index (χ1n) is 14.5. The Morgan fingerprint density at radius 2 is 1.52 bits per heavy atom. The predicted molar refractivity (Wildman–Crippen MR) is 163 cm³/mol. The van der Waals surface area contributed by atoms with E-state index in [4.69, 9.17) is 0 Å². The van der Waals surface area contributed by atoms with Gasteiger partial charge in [0.2, 0.25) is 0 Å². The van der Waals surface area contributed by atoms with Crippen LogP contribution in [0.5, 0.6) is 0 Å². The molecular formula is C37H42O3. The Morgan fingerprint density at radius 1 is 0.925 bits per heavy atom. The van der Waals surface area contributed by atoms with Gasteiger partial charge in [-0.2, -0.15) is 0 Å². The summed E-state index contributed by atoms with van der Waals surface area (Å²) >= 11 is 0. The lowest BCUT2D eigenvalue weighted by molar-refractivity contribution is -0.139. The van der Waals surface area contributed by atoms with Crippen LogP contribution in [0.3, 0.4) is 0 Å². The minimum atomic E-state index is -0.923. The molecule has 0 amide bonds. The van der Waals surface area contributed by atoms with Gasteiger partial charge in [-0.3, -0.25) is 14.4 Å². The summed E-state index contributed by atoms with van der Waals surface area (Å²) in [5.41, 5.74) is 8.16. The van der Waals surface area contributed by atoms with Crippen molar-refractivity contribution in [2.75, 3.05) is 0 Å². The number of rotatable bonds is 3. The third kappa shape index (κ3) is 3.33. The molecule has 0 heterocycles. The molecule has 0 fully saturated rings. The second-order valence-electron chi connectivity index (χ2n) is 13.4. The Bertz CT molecular complexity index is 1600. The molecule has 2 aromatic carbocycles. The summed E-state index contributed by atoms with van der Waals surface area (Å²) in [6.45, 7) is 24.4. The van der Waals surface area contributed by atoms with Crippen molar-refractivity contribution in [1.29, 1.82) is 0 Å². The summed E-state index contributed by atoms with van der Waals surface area (Å²) in [7, 11) is 0. The number of fused-ring (bicyclic) bond motifs is 3. The fraction of sp³-hybridized carbons (Fsp3) is 0.432. The van der Waals surface area contributed by atoms with Crippen molar-refractivity contribution in [2.24, 2.45) is 22.2 Å². The first-order chi connectivity index (χ1) is 18.5. The third-order valence-electron chi connectivity index (χ3n) is 11.7. The van der Waals surface area contributed by atoms with Crippen molar-refractivity contribution in [3.8, 4) is 11.1 Å². The number of ketones is 3. The van der Waals surface area contributed by atoms with Gasteiger partial charge in [0.25, 0.3) is 0 Å². The molecule has 0 spiro atoms. The molecule has 0 bridgehead atoms. The number of aryl methyl sites for hydroxylation is 1. The molecule has 0 aromatic heterocycles. The summed E-state index contributed by atoms with van der Waals surface area (Å²) in [6.07, 6.45) is 0.660. The highest BCUT2D eigenvalue weighted by molar-refractivity contribution is 6.24. The van der Waals surface area contributed by atoms with Crippen molar-refractivity contribution in [3.05, 3.63) is 87.5 Å². The number of allylic oxidation sites excluding steroid dienone is 5. The average Bonchev–Trinajstić information content (AvgIpc) is 2.88. The van der Waals surface area contributed by atoms with Gasteiger partial charge in [-0.1, -0.05) is 87.4 Å². The maximum atomic E-state index is 14.6. The van der Waals surface area contributed by atoms with E-state index in [-0.39, 0.29) is 29.2 Å². The molecule has 0 radical (unpaired) electrons. The molecule has 5 rings (SSSR count). The van der Waals surface area contributed by atoms with Crippen LogP contribution in [-0.2, 0) is 9.59 Å². The summed E-state index contributed by atoms with van der Waals surface area (Å²) < 4.78 is 0. The highest BCUT2D eigenvalue weighted by Crippen LogP contribution is 2.71. The molecular weight excluding hydrogens is 492 g/mol. The van der Waals surface area contributed by atoms with E-state index in [0.717, 1.165) is 55.7 Å². The molecule has 5 unspecified atom stereocenters. The summed E-state index contributed by atoms with van der Waals surface area (Å²) in [4.78, 5) is 41.4. The van der Waals surface area contributed by atoms with Crippen molar-refractivity contribution >= 4 is 22.9 Å². The highest BCUT2D eigenvalue weighted by atomic mass is 16.2. The molecule has 208 valence electrons. The zero-order valence-corrected chi connectivity index (χ0v) is 25.8. The zero-order chi connectivity index (χ0) is 29.7. The molecule has 0 saturated heterocycles. The van der Waals surface area contributed by atoms with Crippen LogP contribution >= 0.6 is 0 Å². The third-order valence-corrected chi connectivity index (χ3v) is 11.7. The lowest BCUT2D eigenvalue weighted by atomic mass is 9.37. The minimum absolute atomic E-state index is 0.0158. The zero-order valence-electron chi connectivity index (χ0n) is 25.8. The Labute approximate surface area is 239 Å². The Balaban J connectivity index is 1.76. The molecule has 0 saturated carbocycles. The first kappa shape index (κ1) is 28.2. The second kappa shape index (κ2) is 8.83. The van der Waals surface area contributed by atoms with Gasteiger partial charge < -0.3 is 0 Å². The molecule has 0 N–H and O–H groups in total. The van der Waals surface area contributed by atoms with Gasteiger partial charge in [0.15, 0.2) is 17.3 Å². The van der Waals surface area contributed by atoms with Crippen LogP contribution in [0.25, 0.3) is 16.7 Å². The van der Waals surface area contributed by atoms with E-state index in [1.54, 1.807) is 0 Å². The van der Waals surface area contributed by atoms with Gasteiger partial charge in [-0.25, -0.2) is 0 Å². The number of hydrogen-bond acceptors (Lipinski definition) is 3. The van der Waals surface area contributed by atoms with E-state index >= 15 is 0 Å². The number of carbonyl (C=O) groups excluding carboxylic acids is 3. The molecule has 0 aliphatic heterocycles. The van der Waals surface area contributed by atoms with Gasteiger partial charge in [0, 0.05) is 16.6 Å². The van der Waals surface area contributed by atoms with Crippen LogP contribution in [0.4, 0.5) is 0 Å². The second-order valence-corrected chi connectivity index (χ2v) is 13.4. The van der Waals surface area contributed by atoms with Crippen molar-refractivity contribution in [2.45, 2.75) is 81.6 Å². The summed E-state index contributed by atoms with van der Waals surface area (Å²) in [6, 6.07) is 12.8. The van der Waals surface area contributed by atoms with Crippen LogP contribution in [0.1, 0.15) is 102 Å². The Morgan fingerprint density at radius 3 is 2.08 bits per heavy atom. The fourth-order valence-corrected chi connectivity index (χ4v) is 8.73. The molecule has 40 heavy (non-hydrogen) atoms. The highest BCUT2D eigenvalue weighted by Gasteiger charge is 2.67. The molecule has 3 aliphatic carbocycles. The Hall–Kier alpha value is -3.33. The van der Waals surface area contributed by atoms with E-state index in [9.17, 15) is 14.4 Å². The van der Waals surface area contributed by atoms with Gasteiger partial charge >= 0.3 is 0 Å². The topological polar surface area (TPSA) is 51.2 Å². The van der Waals surface area contributed by atoms with Crippen LogP contribution in [0.2, 0.25) is 0 Å². The maximum Gasteiger partial charge on any atom is 0.190 e.